The van der Waals surface area contributed by atoms with Crippen molar-refractivity contribution in [1.29, 1.82) is 0 Å². The highest BCUT2D eigenvalue weighted by Gasteiger charge is 2.50. The number of nitrogens with zero attached hydrogens (tertiary/aromatic N) is 1. The Hall–Kier alpha value is -2.97. The van der Waals surface area contributed by atoms with Crippen LogP contribution in [0.5, 0.6) is 0 Å². The zero-order valence-corrected chi connectivity index (χ0v) is 20.4. The molecule has 0 spiro atoms. The number of hydrogen-bond acceptors (Lipinski definition) is 6. The Morgan fingerprint density at radius 1 is 1.03 bits per heavy atom. The van der Waals surface area contributed by atoms with Gasteiger partial charge in [-0.25, -0.2) is 4.79 Å². The lowest BCUT2D eigenvalue weighted by atomic mass is 10.00. The molecule has 0 aliphatic carbocycles. The van der Waals surface area contributed by atoms with Gasteiger partial charge in [0.25, 0.3) is 0 Å². The Morgan fingerprint density at radius 3 is 2.17 bits per heavy atom. The predicted molar refractivity (Wildman–Crippen MR) is 133 cm³/mol. The minimum absolute atomic E-state index is 0.122. The fraction of sp³-hybridized carbons (Fsp3) is 0.393. The largest absolute Gasteiger partial charge is 0.445 e. The van der Waals surface area contributed by atoms with E-state index in [1.54, 1.807) is 19.9 Å². The van der Waals surface area contributed by atoms with Crippen molar-refractivity contribution in [1.82, 2.24) is 4.90 Å². The number of ether oxygens (including phenoxy) is 4. The van der Waals surface area contributed by atoms with Crippen LogP contribution in [-0.2, 0) is 32.2 Å². The first-order chi connectivity index (χ1) is 16.8. The lowest BCUT2D eigenvalue weighted by Gasteiger charge is -2.36. The molecule has 35 heavy (non-hydrogen) atoms. The minimum Gasteiger partial charge on any atom is -0.445 e. The van der Waals surface area contributed by atoms with Crippen LogP contribution in [0.3, 0.4) is 0 Å². The average Bonchev–Trinajstić information content (AvgIpc) is 3.20. The zero-order chi connectivity index (χ0) is 25.3. The molecule has 1 aliphatic heterocycles. The van der Waals surface area contributed by atoms with Gasteiger partial charge in [0.1, 0.15) is 24.9 Å². The normalized spacial score (nSPS) is 20.5. The molecule has 7 heteroatoms. The molecule has 1 N–H and O–H groups in total. The summed E-state index contributed by atoms with van der Waals surface area (Å²) in [6, 6.07) is 18.6. The molecule has 0 bridgehead atoms. The van der Waals surface area contributed by atoms with Gasteiger partial charge in [-0.1, -0.05) is 72.8 Å². The summed E-state index contributed by atoms with van der Waals surface area (Å²) in [4.78, 5) is 14.8. The van der Waals surface area contributed by atoms with E-state index in [0.29, 0.717) is 6.61 Å². The average molecular weight is 482 g/mol. The first-order valence-corrected chi connectivity index (χ1v) is 11.7. The van der Waals surface area contributed by atoms with E-state index in [1.807, 2.05) is 60.7 Å². The highest BCUT2D eigenvalue weighted by Crippen LogP contribution is 2.34. The summed E-state index contributed by atoms with van der Waals surface area (Å²) in [6.45, 7) is 11.8. The van der Waals surface area contributed by atoms with Crippen molar-refractivity contribution in [2.75, 3.05) is 13.2 Å². The molecule has 1 unspecified atom stereocenters. The van der Waals surface area contributed by atoms with E-state index in [9.17, 15) is 9.90 Å². The second-order valence-corrected chi connectivity index (χ2v) is 8.84. The van der Waals surface area contributed by atoms with Gasteiger partial charge in [-0.05, 0) is 25.0 Å². The van der Waals surface area contributed by atoms with Crippen molar-refractivity contribution in [3.05, 3.63) is 97.1 Å². The number of amides is 1. The second kappa shape index (κ2) is 12.7. The Bertz CT molecular complexity index is 948. The molecule has 7 nitrogen and oxygen atoms in total. The predicted octanol–water partition coefficient (Wildman–Crippen LogP) is 4.46. The van der Waals surface area contributed by atoms with Gasteiger partial charge in [-0.3, -0.25) is 4.90 Å². The summed E-state index contributed by atoms with van der Waals surface area (Å²) in [7, 11) is 0. The lowest BCUT2D eigenvalue weighted by Crippen LogP contribution is -2.54. The molecule has 2 aromatic carbocycles. The summed E-state index contributed by atoms with van der Waals surface area (Å²) in [5.74, 6) is -0.967. The quantitative estimate of drug-likeness (QED) is 0.451. The van der Waals surface area contributed by atoms with Crippen molar-refractivity contribution in [2.45, 2.75) is 57.2 Å². The highest BCUT2D eigenvalue weighted by atomic mass is 16.8. The highest BCUT2D eigenvalue weighted by molar-refractivity contribution is 5.68. The van der Waals surface area contributed by atoms with E-state index >= 15 is 0 Å². The number of rotatable bonds is 12. The third-order valence-corrected chi connectivity index (χ3v) is 5.69. The third kappa shape index (κ3) is 7.50. The number of aliphatic hydroxyl groups excluding tert-OH is 1. The number of aliphatic hydroxyl groups is 1. The van der Waals surface area contributed by atoms with Crippen LogP contribution in [0.25, 0.3) is 0 Å². The summed E-state index contributed by atoms with van der Waals surface area (Å²) in [5.41, 5.74) is 1.87. The van der Waals surface area contributed by atoms with Crippen molar-refractivity contribution in [2.24, 2.45) is 0 Å². The summed E-state index contributed by atoms with van der Waals surface area (Å²) >= 11 is 0. The molecule has 188 valence electrons. The van der Waals surface area contributed by atoms with E-state index < -0.39 is 36.2 Å². The van der Waals surface area contributed by atoms with Crippen LogP contribution in [0.2, 0.25) is 0 Å². The van der Waals surface area contributed by atoms with E-state index in [2.05, 4.69) is 13.2 Å². The maximum atomic E-state index is 13.3. The zero-order valence-electron chi connectivity index (χ0n) is 20.4. The molecular formula is C28H35NO6. The van der Waals surface area contributed by atoms with Crippen LogP contribution in [0.1, 0.15) is 25.0 Å². The molecule has 3 rings (SSSR count). The van der Waals surface area contributed by atoms with Gasteiger partial charge in [0.05, 0.1) is 19.3 Å². The van der Waals surface area contributed by atoms with Crippen molar-refractivity contribution in [3.63, 3.8) is 0 Å². The van der Waals surface area contributed by atoms with Gasteiger partial charge in [0.15, 0.2) is 5.79 Å². The number of hydrogen-bond donors (Lipinski definition) is 1. The van der Waals surface area contributed by atoms with Gasteiger partial charge in [0, 0.05) is 6.54 Å². The fourth-order valence-electron chi connectivity index (χ4n) is 4.03. The van der Waals surface area contributed by atoms with Crippen molar-refractivity contribution >= 4 is 6.09 Å². The fourth-order valence-corrected chi connectivity index (χ4v) is 4.03. The molecule has 0 aromatic heterocycles. The minimum atomic E-state index is -0.996. The molecule has 0 saturated carbocycles. The van der Waals surface area contributed by atoms with Crippen LogP contribution in [0.15, 0.2) is 86.0 Å². The van der Waals surface area contributed by atoms with Gasteiger partial charge < -0.3 is 24.1 Å². The van der Waals surface area contributed by atoms with E-state index in [1.165, 1.54) is 11.0 Å². The number of benzene rings is 2. The van der Waals surface area contributed by atoms with Crippen LogP contribution >= 0.6 is 0 Å². The van der Waals surface area contributed by atoms with E-state index in [0.717, 1.165) is 11.1 Å². The molecule has 1 heterocycles. The van der Waals surface area contributed by atoms with E-state index in [4.69, 9.17) is 18.9 Å². The number of carbonyl (C=O) groups excluding carboxylic acids is 1. The molecule has 1 fully saturated rings. The molecule has 2 aromatic rings. The van der Waals surface area contributed by atoms with Gasteiger partial charge in [0.2, 0.25) is 0 Å². The molecule has 1 amide bonds. The third-order valence-electron chi connectivity index (χ3n) is 5.69. The Morgan fingerprint density at radius 2 is 1.60 bits per heavy atom. The first-order valence-electron chi connectivity index (χ1n) is 11.7. The number of carbonyl (C=O) groups is 1. The molecule has 1 aliphatic rings. The monoisotopic (exact) mass is 481 g/mol. The Kier molecular flexibility index (Phi) is 9.63. The lowest BCUT2D eigenvalue weighted by molar-refractivity contribution is -0.157. The molecular weight excluding hydrogens is 446 g/mol. The first kappa shape index (κ1) is 26.6. The van der Waals surface area contributed by atoms with Crippen molar-refractivity contribution in [3.8, 4) is 0 Å². The Labute approximate surface area is 207 Å². The van der Waals surface area contributed by atoms with Crippen LogP contribution in [-0.4, -0.2) is 59.4 Å². The van der Waals surface area contributed by atoms with Gasteiger partial charge in [-0.2, -0.15) is 0 Å². The van der Waals surface area contributed by atoms with Gasteiger partial charge >= 0.3 is 6.09 Å². The smallest absolute Gasteiger partial charge is 0.410 e. The van der Waals surface area contributed by atoms with Crippen LogP contribution in [0, 0.1) is 0 Å². The summed E-state index contributed by atoms with van der Waals surface area (Å²) in [6.07, 6.45) is 0.0376. The molecule has 1 saturated heterocycles. The van der Waals surface area contributed by atoms with E-state index in [-0.39, 0.29) is 19.8 Å². The maximum Gasteiger partial charge on any atom is 0.410 e. The SMILES string of the molecule is C=CCN(C(=O)OCc1ccccc1)[C@H](COCc1ccccc1)[C@H]1OC(C)(C)O[C@@H]1C(O)C=C. The van der Waals surface area contributed by atoms with Gasteiger partial charge in [-0.15, -0.1) is 13.2 Å². The maximum absolute atomic E-state index is 13.3. The Balaban J connectivity index is 1.83. The molecule has 4 atom stereocenters. The second-order valence-electron chi connectivity index (χ2n) is 8.84. The van der Waals surface area contributed by atoms with Crippen LogP contribution in [0.4, 0.5) is 4.79 Å². The summed E-state index contributed by atoms with van der Waals surface area (Å²) in [5, 5.41) is 10.6. The van der Waals surface area contributed by atoms with Crippen LogP contribution < -0.4 is 0 Å². The van der Waals surface area contributed by atoms with Crippen molar-refractivity contribution < 1.29 is 28.8 Å². The summed E-state index contributed by atoms with van der Waals surface area (Å²) < 4.78 is 23.9. The standard InChI is InChI=1S/C28H35NO6/c1-5-17-29(27(31)33-19-22-15-11-8-12-16-22)23(20-32-18-21-13-9-7-10-14-21)25-26(24(30)6-2)35-28(3,4)34-25/h5-16,23-26,30H,1-2,17-20H2,3-4H3/t23-,24?,25-,26-/m1/s1. The molecule has 0 radical (unpaired) electrons. The topological polar surface area (TPSA) is 77.5 Å².